The quantitative estimate of drug-likeness (QED) is 0.638. The van der Waals surface area contributed by atoms with Crippen LogP contribution in [0.1, 0.15) is 0 Å². The van der Waals surface area contributed by atoms with Crippen LogP contribution >= 0.6 is 0 Å². The first kappa shape index (κ1) is 15.2. The predicted molar refractivity (Wildman–Crippen MR) is 78.3 cm³/mol. The summed E-state index contributed by atoms with van der Waals surface area (Å²) in [5.74, 6) is 0.461. The fraction of sp³-hybridized carbons (Fsp3) is 0.375. The number of rotatable bonds is 3. The lowest BCUT2D eigenvalue weighted by Crippen LogP contribution is -2.60. The molecule has 1 aliphatic rings. The molecule has 4 N–H and O–H groups in total. The van der Waals surface area contributed by atoms with Gasteiger partial charge in [-0.25, -0.2) is 0 Å². The van der Waals surface area contributed by atoms with Crippen LogP contribution in [0.4, 0.5) is 0 Å². The zero-order valence-corrected chi connectivity index (χ0v) is 11.7. The van der Waals surface area contributed by atoms with Crippen molar-refractivity contribution in [1.29, 1.82) is 0 Å². The molecule has 0 bridgehead atoms. The van der Waals surface area contributed by atoms with Gasteiger partial charge in [-0.1, -0.05) is 30.3 Å². The second-order valence-electron chi connectivity index (χ2n) is 5.32. The third-order valence-electron chi connectivity index (χ3n) is 3.82. The SMILES string of the molecule is OCC1O[C@H](Oc2ccc3ccccc3c2)C(O)[C@@H](O)[C@@H]1O. The Labute approximate surface area is 127 Å². The predicted octanol–water partition coefficient (Wildman–Crippen LogP) is 0.0185. The lowest BCUT2D eigenvalue weighted by Gasteiger charge is -2.39. The molecule has 3 rings (SSSR count). The number of fused-ring (bicyclic) bond motifs is 1. The number of aliphatic hydroxyl groups is 4. The molecule has 0 saturated carbocycles. The van der Waals surface area contributed by atoms with Crippen molar-refractivity contribution in [2.75, 3.05) is 6.61 Å². The number of hydrogen-bond donors (Lipinski definition) is 4. The maximum Gasteiger partial charge on any atom is 0.229 e. The molecule has 0 spiro atoms. The van der Waals surface area contributed by atoms with Gasteiger partial charge >= 0.3 is 0 Å². The van der Waals surface area contributed by atoms with E-state index in [4.69, 9.17) is 14.6 Å². The minimum Gasteiger partial charge on any atom is -0.462 e. The van der Waals surface area contributed by atoms with E-state index < -0.39 is 37.3 Å². The Morgan fingerprint density at radius 2 is 1.64 bits per heavy atom. The van der Waals surface area contributed by atoms with Crippen LogP contribution in [0.25, 0.3) is 10.8 Å². The van der Waals surface area contributed by atoms with E-state index in [1.54, 1.807) is 12.1 Å². The Balaban J connectivity index is 1.80. The van der Waals surface area contributed by atoms with Crippen molar-refractivity contribution in [3.05, 3.63) is 42.5 Å². The van der Waals surface area contributed by atoms with E-state index in [1.807, 2.05) is 30.3 Å². The third kappa shape index (κ3) is 2.79. The summed E-state index contributed by atoms with van der Waals surface area (Å²) >= 11 is 0. The summed E-state index contributed by atoms with van der Waals surface area (Å²) in [5, 5.41) is 40.6. The molecule has 0 radical (unpaired) electrons. The Hall–Kier alpha value is -1.70. The molecule has 5 atom stereocenters. The minimum atomic E-state index is -1.45. The van der Waals surface area contributed by atoms with E-state index in [1.165, 1.54) is 0 Å². The highest BCUT2D eigenvalue weighted by Crippen LogP contribution is 2.26. The molecule has 2 unspecified atom stereocenters. The summed E-state index contributed by atoms with van der Waals surface area (Å²) in [7, 11) is 0. The molecule has 0 amide bonds. The number of aliphatic hydroxyl groups excluding tert-OH is 4. The van der Waals surface area contributed by atoms with Crippen LogP contribution in [0.15, 0.2) is 42.5 Å². The second-order valence-corrected chi connectivity index (χ2v) is 5.32. The van der Waals surface area contributed by atoms with Gasteiger partial charge < -0.3 is 29.9 Å². The van der Waals surface area contributed by atoms with Crippen LogP contribution < -0.4 is 4.74 Å². The molecular weight excluding hydrogens is 288 g/mol. The van der Waals surface area contributed by atoms with Gasteiger partial charge in [0.25, 0.3) is 0 Å². The van der Waals surface area contributed by atoms with Crippen LogP contribution in [-0.2, 0) is 4.74 Å². The zero-order chi connectivity index (χ0) is 15.7. The van der Waals surface area contributed by atoms with E-state index in [0.29, 0.717) is 5.75 Å². The van der Waals surface area contributed by atoms with Crippen molar-refractivity contribution in [3.8, 4) is 5.75 Å². The average molecular weight is 306 g/mol. The molecule has 118 valence electrons. The smallest absolute Gasteiger partial charge is 0.229 e. The molecule has 22 heavy (non-hydrogen) atoms. The molecule has 1 heterocycles. The van der Waals surface area contributed by atoms with Gasteiger partial charge in [0, 0.05) is 0 Å². The van der Waals surface area contributed by atoms with Gasteiger partial charge in [0.1, 0.15) is 30.2 Å². The molecule has 6 nitrogen and oxygen atoms in total. The van der Waals surface area contributed by atoms with Crippen LogP contribution in [0.5, 0.6) is 5.75 Å². The van der Waals surface area contributed by atoms with Gasteiger partial charge in [0.05, 0.1) is 6.61 Å². The Morgan fingerprint density at radius 1 is 0.909 bits per heavy atom. The molecule has 0 aliphatic carbocycles. The monoisotopic (exact) mass is 306 g/mol. The van der Waals surface area contributed by atoms with Crippen molar-refractivity contribution in [1.82, 2.24) is 0 Å². The van der Waals surface area contributed by atoms with Crippen LogP contribution in [0.2, 0.25) is 0 Å². The number of ether oxygens (including phenoxy) is 2. The lowest BCUT2D eigenvalue weighted by atomic mass is 9.99. The maximum absolute atomic E-state index is 9.95. The summed E-state index contributed by atoms with van der Waals surface area (Å²) in [6.45, 7) is -0.484. The van der Waals surface area contributed by atoms with E-state index in [9.17, 15) is 15.3 Å². The van der Waals surface area contributed by atoms with Crippen molar-refractivity contribution in [3.63, 3.8) is 0 Å². The number of benzene rings is 2. The molecule has 1 saturated heterocycles. The number of hydrogen-bond acceptors (Lipinski definition) is 6. The fourth-order valence-corrected chi connectivity index (χ4v) is 2.54. The van der Waals surface area contributed by atoms with Gasteiger partial charge in [-0.15, -0.1) is 0 Å². The summed E-state index contributed by atoms with van der Waals surface area (Å²) in [6.07, 6.45) is -6.40. The largest absolute Gasteiger partial charge is 0.462 e. The normalized spacial score (nSPS) is 32.1. The van der Waals surface area contributed by atoms with Crippen molar-refractivity contribution >= 4 is 10.8 Å². The third-order valence-corrected chi connectivity index (χ3v) is 3.82. The van der Waals surface area contributed by atoms with Gasteiger partial charge in [0.2, 0.25) is 6.29 Å². The molecule has 2 aromatic carbocycles. The highest BCUT2D eigenvalue weighted by Gasteiger charge is 2.44. The van der Waals surface area contributed by atoms with Gasteiger partial charge in [0.15, 0.2) is 0 Å². The summed E-state index contributed by atoms with van der Waals surface area (Å²) in [5.41, 5.74) is 0. The summed E-state index contributed by atoms with van der Waals surface area (Å²) < 4.78 is 10.9. The first-order valence-corrected chi connectivity index (χ1v) is 7.06. The average Bonchev–Trinajstić information content (AvgIpc) is 2.55. The maximum atomic E-state index is 9.95. The molecule has 6 heteroatoms. The van der Waals surface area contributed by atoms with Gasteiger partial charge in [-0.3, -0.25) is 0 Å². The first-order valence-electron chi connectivity index (χ1n) is 7.06. The molecule has 1 fully saturated rings. The zero-order valence-electron chi connectivity index (χ0n) is 11.7. The highest BCUT2D eigenvalue weighted by molar-refractivity contribution is 5.83. The standard InChI is InChI=1S/C16H18O6/c17-8-12-13(18)14(19)15(20)16(22-12)21-11-6-5-9-3-1-2-4-10(9)7-11/h1-7,12-20H,8H2/t12?,13-,14+,15?,16+/m1/s1. The van der Waals surface area contributed by atoms with Crippen LogP contribution in [-0.4, -0.2) is 57.7 Å². The van der Waals surface area contributed by atoms with E-state index in [0.717, 1.165) is 10.8 Å². The second kappa shape index (κ2) is 6.20. The molecular formula is C16H18O6. The Bertz CT molecular complexity index is 643. The fourth-order valence-electron chi connectivity index (χ4n) is 2.54. The summed E-state index contributed by atoms with van der Waals surface area (Å²) in [4.78, 5) is 0. The molecule has 2 aromatic rings. The van der Waals surface area contributed by atoms with Crippen LogP contribution in [0.3, 0.4) is 0 Å². The van der Waals surface area contributed by atoms with Crippen molar-refractivity contribution < 1.29 is 29.9 Å². The Kier molecular flexibility index (Phi) is 4.28. The minimum absolute atomic E-state index is 0.461. The molecule has 0 aromatic heterocycles. The topological polar surface area (TPSA) is 99.4 Å². The van der Waals surface area contributed by atoms with E-state index in [-0.39, 0.29) is 0 Å². The van der Waals surface area contributed by atoms with Gasteiger partial charge in [-0.2, -0.15) is 0 Å². The van der Waals surface area contributed by atoms with Crippen LogP contribution in [0, 0.1) is 0 Å². The van der Waals surface area contributed by atoms with Crippen molar-refractivity contribution in [2.24, 2.45) is 0 Å². The lowest BCUT2D eigenvalue weighted by molar-refractivity contribution is -0.277. The molecule has 1 aliphatic heterocycles. The van der Waals surface area contributed by atoms with Gasteiger partial charge in [-0.05, 0) is 22.9 Å². The Morgan fingerprint density at radius 3 is 2.36 bits per heavy atom. The first-order chi connectivity index (χ1) is 10.6. The van der Waals surface area contributed by atoms with E-state index >= 15 is 0 Å². The van der Waals surface area contributed by atoms with E-state index in [2.05, 4.69) is 0 Å². The summed E-state index contributed by atoms with van der Waals surface area (Å²) in [6, 6.07) is 13.1. The highest BCUT2D eigenvalue weighted by atomic mass is 16.7. The van der Waals surface area contributed by atoms with Crippen molar-refractivity contribution in [2.45, 2.75) is 30.7 Å².